The Morgan fingerprint density at radius 3 is 2.75 bits per heavy atom. The Morgan fingerprint density at radius 2 is 2.00 bits per heavy atom. The van der Waals surface area contributed by atoms with Crippen molar-refractivity contribution in [1.29, 1.82) is 0 Å². The molecule has 0 bridgehead atoms. The molecule has 3 N–H and O–H groups in total. The largest absolute Gasteiger partial charge is 0.495 e. The first-order valence-corrected chi connectivity index (χ1v) is 7.69. The van der Waals surface area contributed by atoms with Crippen LogP contribution in [0.5, 0.6) is 11.5 Å². The Morgan fingerprint density at radius 1 is 1.17 bits per heavy atom. The van der Waals surface area contributed by atoms with Crippen molar-refractivity contribution in [3.8, 4) is 11.5 Å². The zero-order chi connectivity index (χ0) is 17.4. The minimum absolute atomic E-state index is 0.269. The number of hydrogen-bond acceptors (Lipinski definition) is 5. The molecule has 0 saturated carbocycles. The van der Waals surface area contributed by atoms with E-state index in [0.717, 1.165) is 0 Å². The summed E-state index contributed by atoms with van der Waals surface area (Å²) >= 11 is 0. The normalized spacial score (nSPS) is 10.2. The lowest BCUT2D eigenvalue weighted by atomic mass is 10.2. The maximum Gasteiger partial charge on any atom is 0.255 e. The summed E-state index contributed by atoms with van der Waals surface area (Å²) < 4.78 is 16.0. The van der Waals surface area contributed by atoms with Crippen LogP contribution in [0, 0.1) is 0 Å². The van der Waals surface area contributed by atoms with Gasteiger partial charge in [-0.1, -0.05) is 6.07 Å². The van der Waals surface area contributed by atoms with Gasteiger partial charge in [0.1, 0.15) is 18.1 Å². The molecule has 0 aliphatic carbocycles. The van der Waals surface area contributed by atoms with E-state index in [0.29, 0.717) is 48.3 Å². The van der Waals surface area contributed by atoms with Gasteiger partial charge in [0.15, 0.2) is 0 Å². The fourth-order valence-corrected chi connectivity index (χ4v) is 2.11. The highest BCUT2D eigenvalue weighted by Gasteiger charge is 2.11. The molecule has 0 heterocycles. The van der Waals surface area contributed by atoms with Crippen molar-refractivity contribution in [2.75, 3.05) is 38.0 Å². The first-order chi connectivity index (χ1) is 11.6. The number of ether oxygens (including phenoxy) is 3. The summed E-state index contributed by atoms with van der Waals surface area (Å²) in [7, 11) is 1.54. The maximum absolute atomic E-state index is 12.4. The molecule has 1 amide bonds. The van der Waals surface area contributed by atoms with Crippen LogP contribution < -0.4 is 20.5 Å². The fraction of sp³-hybridized carbons (Fsp3) is 0.278. The van der Waals surface area contributed by atoms with Crippen LogP contribution in [0.1, 0.15) is 17.3 Å². The zero-order valence-electron chi connectivity index (χ0n) is 13.9. The molecular weight excluding hydrogens is 308 g/mol. The Bertz CT molecular complexity index is 688. The van der Waals surface area contributed by atoms with Crippen molar-refractivity contribution in [2.45, 2.75) is 6.92 Å². The smallest absolute Gasteiger partial charge is 0.255 e. The van der Waals surface area contributed by atoms with Crippen LogP contribution in [0.15, 0.2) is 42.5 Å². The monoisotopic (exact) mass is 330 g/mol. The number of carbonyl (C=O) groups excluding carboxylic acids is 1. The van der Waals surface area contributed by atoms with E-state index >= 15 is 0 Å². The predicted molar refractivity (Wildman–Crippen MR) is 93.8 cm³/mol. The molecule has 24 heavy (non-hydrogen) atoms. The highest BCUT2D eigenvalue weighted by molar-refractivity contribution is 6.05. The van der Waals surface area contributed by atoms with E-state index in [-0.39, 0.29) is 5.91 Å². The van der Waals surface area contributed by atoms with E-state index in [4.69, 9.17) is 19.9 Å². The Labute approximate surface area is 141 Å². The number of nitrogens with two attached hydrogens (primary N) is 1. The summed E-state index contributed by atoms with van der Waals surface area (Å²) in [6.45, 7) is 3.51. The second-order valence-corrected chi connectivity index (χ2v) is 4.99. The van der Waals surface area contributed by atoms with Gasteiger partial charge in [0, 0.05) is 17.9 Å². The molecule has 128 valence electrons. The van der Waals surface area contributed by atoms with Crippen molar-refractivity contribution in [1.82, 2.24) is 0 Å². The molecule has 2 aromatic carbocycles. The van der Waals surface area contributed by atoms with Crippen LogP contribution in [-0.2, 0) is 4.74 Å². The van der Waals surface area contributed by atoms with Crippen LogP contribution in [0.25, 0.3) is 0 Å². The third kappa shape index (κ3) is 4.89. The first-order valence-electron chi connectivity index (χ1n) is 7.69. The average molecular weight is 330 g/mol. The zero-order valence-corrected chi connectivity index (χ0v) is 13.9. The van der Waals surface area contributed by atoms with Crippen LogP contribution in [0.3, 0.4) is 0 Å². The molecule has 6 heteroatoms. The third-order valence-electron chi connectivity index (χ3n) is 3.27. The lowest BCUT2D eigenvalue weighted by molar-refractivity contribution is 0.102. The number of hydrogen-bond donors (Lipinski definition) is 2. The van der Waals surface area contributed by atoms with Crippen LogP contribution in [-0.4, -0.2) is 32.8 Å². The van der Waals surface area contributed by atoms with E-state index in [2.05, 4.69) is 5.32 Å². The van der Waals surface area contributed by atoms with Crippen molar-refractivity contribution in [3.05, 3.63) is 48.0 Å². The number of benzene rings is 2. The average Bonchev–Trinajstić information content (AvgIpc) is 2.59. The topological polar surface area (TPSA) is 82.8 Å². The van der Waals surface area contributed by atoms with Gasteiger partial charge in [-0.3, -0.25) is 4.79 Å². The molecule has 0 aromatic heterocycles. The number of methoxy groups -OCH3 is 1. The molecule has 0 fully saturated rings. The van der Waals surface area contributed by atoms with Crippen molar-refractivity contribution >= 4 is 17.3 Å². The van der Waals surface area contributed by atoms with Crippen LogP contribution in [0.4, 0.5) is 11.4 Å². The Hall–Kier alpha value is -2.73. The second kappa shape index (κ2) is 8.79. The quantitative estimate of drug-likeness (QED) is 0.574. The third-order valence-corrected chi connectivity index (χ3v) is 3.27. The van der Waals surface area contributed by atoms with Gasteiger partial charge >= 0.3 is 0 Å². The van der Waals surface area contributed by atoms with Gasteiger partial charge in [-0.2, -0.15) is 0 Å². The molecule has 2 rings (SSSR count). The standard InChI is InChI=1S/C18H22N2O4/c1-3-23-9-10-24-15-6-4-5-13(11-15)18(21)20-16-12-14(19)7-8-17(16)22-2/h4-8,11-12H,3,9-10,19H2,1-2H3,(H,20,21). The van der Waals surface area contributed by atoms with Crippen molar-refractivity contribution < 1.29 is 19.0 Å². The van der Waals surface area contributed by atoms with Gasteiger partial charge in [0.05, 0.1) is 19.4 Å². The lowest BCUT2D eigenvalue weighted by Crippen LogP contribution is -2.13. The molecule has 2 aromatic rings. The van der Waals surface area contributed by atoms with E-state index in [1.807, 2.05) is 6.92 Å². The van der Waals surface area contributed by atoms with Crippen molar-refractivity contribution in [2.24, 2.45) is 0 Å². The molecule has 0 unspecified atom stereocenters. The van der Waals surface area contributed by atoms with Gasteiger partial charge in [-0.25, -0.2) is 0 Å². The SMILES string of the molecule is CCOCCOc1cccc(C(=O)Nc2cc(N)ccc2OC)c1. The van der Waals surface area contributed by atoms with Gasteiger partial charge < -0.3 is 25.3 Å². The van der Waals surface area contributed by atoms with Crippen molar-refractivity contribution in [3.63, 3.8) is 0 Å². The number of carbonyl (C=O) groups is 1. The number of nitrogen functional groups attached to an aromatic ring is 1. The van der Waals surface area contributed by atoms with Gasteiger partial charge in [-0.05, 0) is 43.3 Å². The molecule has 0 spiro atoms. The van der Waals surface area contributed by atoms with Crippen LogP contribution >= 0.6 is 0 Å². The van der Waals surface area contributed by atoms with E-state index < -0.39 is 0 Å². The molecule has 0 radical (unpaired) electrons. The summed E-state index contributed by atoms with van der Waals surface area (Å²) in [4.78, 5) is 12.4. The fourth-order valence-electron chi connectivity index (χ4n) is 2.11. The number of rotatable bonds is 8. The van der Waals surface area contributed by atoms with E-state index in [9.17, 15) is 4.79 Å². The van der Waals surface area contributed by atoms with Gasteiger partial charge in [0.25, 0.3) is 5.91 Å². The van der Waals surface area contributed by atoms with Crippen LogP contribution in [0.2, 0.25) is 0 Å². The molecule has 0 saturated heterocycles. The molecular formula is C18H22N2O4. The van der Waals surface area contributed by atoms with Gasteiger partial charge in [0.2, 0.25) is 0 Å². The Kier molecular flexibility index (Phi) is 6.45. The maximum atomic E-state index is 12.4. The van der Waals surface area contributed by atoms with E-state index in [1.165, 1.54) is 7.11 Å². The molecule has 0 aliphatic rings. The summed E-state index contributed by atoms with van der Waals surface area (Å²) in [5.74, 6) is 0.887. The lowest BCUT2D eigenvalue weighted by Gasteiger charge is -2.12. The molecule has 6 nitrogen and oxygen atoms in total. The molecule has 0 atom stereocenters. The first kappa shape index (κ1) is 17.6. The minimum Gasteiger partial charge on any atom is -0.495 e. The highest BCUT2D eigenvalue weighted by Crippen LogP contribution is 2.27. The van der Waals surface area contributed by atoms with Gasteiger partial charge in [-0.15, -0.1) is 0 Å². The minimum atomic E-state index is -0.269. The number of nitrogens with one attached hydrogen (secondary N) is 1. The summed E-state index contributed by atoms with van der Waals surface area (Å²) in [5, 5.41) is 2.80. The second-order valence-electron chi connectivity index (χ2n) is 4.99. The predicted octanol–water partition coefficient (Wildman–Crippen LogP) is 2.95. The summed E-state index contributed by atoms with van der Waals surface area (Å²) in [6.07, 6.45) is 0. The van der Waals surface area contributed by atoms with E-state index in [1.54, 1.807) is 42.5 Å². The highest BCUT2D eigenvalue weighted by atomic mass is 16.5. The number of amides is 1. The Balaban J connectivity index is 2.06. The molecule has 0 aliphatic heterocycles. The summed E-state index contributed by atoms with van der Waals surface area (Å²) in [5.41, 5.74) is 7.30. The number of anilines is 2. The summed E-state index contributed by atoms with van der Waals surface area (Å²) in [6, 6.07) is 12.0.